The van der Waals surface area contributed by atoms with Crippen molar-refractivity contribution < 1.29 is 4.74 Å². The lowest BCUT2D eigenvalue weighted by atomic mass is 9.92. The molecule has 0 bridgehead atoms. The van der Waals surface area contributed by atoms with Gasteiger partial charge in [-0.05, 0) is 25.7 Å². The molecule has 96 valence electrons. The molecule has 0 saturated heterocycles. The summed E-state index contributed by atoms with van der Waals surface area (Å²) in [6, 6.07) is 0. The molecule has 1 rings (SSSR count). The van der Waals surface area contributed by atoms with Crippen LogP contribution in [0.25, 0.3) is 0 Å². The minimum Gasteiger partial charge on any atom is -0.378 e. The molecule has 2 atom stereocenters. The van der Waals surface area contributed by atoms with Gasteiger partial charge in [0.25, 0.3) is 0 Å². The van der Waals surface area contributed by atoms with Gasteiger partial charge in [0, 0.05) is 6.61 Å². The zero-order valence-corrected chi connectivity index (χ0v) is 11.3. The van der Waals surface area contributed by atoms with Crippen molar-refractivity contribution in [3.63, 3.8) is 0 Å². The SMILES string of the molecule is CCOC1CCCCCCCCCC[C@H]1C. The van der Waals surface area contributed by atoms with Crippen LogP contribution in [0.4, 0.5) is 0 Å². The Morgan fingerprint density at radius 3 is 1.88 bits per heavy atom. The maximum absolute atomic E-state index is 5.90. The maximum Gasteiger partial charge on any atom is 0.0600 e. The number of rotatable bonds is 2. The van der Waals surface area contributed by atoms with Crippen molar-refractivity contribution in [3.8, 4) is 0 Å². The third kappa shape index (κ3) is 5.89. The summed E-state index contributed by atoms with van der Waals surface area (Å²) in [4.78, 5) is 0. The fourth-order valence-corrected chi connectivity index (χ4v) is 2.80. The minimum atomic E-state index is 0.532. The lowest BCUT2D eigenvalue weighted by Crippen LogP contribution is -2.22. The minimum absolute atomic E-state index is 0.532. The molecule has 1 saturated carbocycles. The highest BCUT2D eigenvalue weighted by Crippen LogP contribution is 2.23. The van der Waals surface area contributed by atoms with Gasteiger partial charge in [-0.3, -0.25) is 0 Å². The third-order valence-corrected chi connectivity index (χ3v) is 3.91. The molecule has 1 nitrogen and oxygen atoms in total. The first-order valence-corrected chi connectivity index (χ1v) is 7.46. The van der Waals surface area contributed by atoms with Crippen LogP contribution in [-0.4, -0.2) is 12.7 Å². The van der Waals surface area contributed by atoms with Crippen LogP contribution in [-0.2, 0) is 4.74 Å². The first kappa shape index (κ1) is 14.0. The number of hydrogen-bond donors (Lipinski definition) is 0. The molecular formula is C15H30O. The second kappa shape index (κ2) is 9.04. The van der Waals surface area contributed by atoms with Gasteiger partial charge in [0.2, 0.25) is 0 Å². The predicted octanol–water partition coefficient (Wildman–Crippen LogP) is 4.94. The summed E-state index contributed by atoms with van der Waals surface area (Å²) in [5.74, 6) is 0.763. The second-order valence-corrected chi connectivity index (χ2v) is 5.38. The lowest BCUT2D eigenvalue weighted by Gasteiger charge is -2.24. The monoisotopic (exact) mass is 226 g/mol. The molecule has 1 fully saturated rings. The molecule has 0 aromatic heterocycles. The fourth-order valence-electron chi connectivity index (χ4n) is 2.80. The summed E-state index contributed by atoms with van der Waals surface area (Å²) in [7, 11) is 0. The summed E-state index contributed by atoms with van der Waals surface area (Å²) in [5, 5.41) is 0. The normalized spacial score (nSPS) is 30.4. The van der Waals surface area contributed by atoms with E-state index >= 15 is 0 Å². The van der Waals surface area contributed by atoms with Crippen LogP contribution < -0.4 is 0 Å². The molecule has 1 aliphatic carbocycles. The van der Waals surface area contributed by atoms with E-state index in [0.717, 1.165) is 12.5 Å². The predicted molar refractivity (Wildman–Crippen MR) is 70.7 cm³/mol. The summed E-state index contributed by atoms with van der Waals surface area (Å²) < 4.78 is 5.90. The van der Waals surface area contributed by atoms with E-state index in [0.29, 0.717) is 6.10 Å². The topological polar surface area (TPSA) is 9.23 Å². The largest absolute Gasteiger partial charge is 0.378 e. The quantitative estimate of drug-likeness (QED) is 0.648. The average Bonchev–Trinajstić information content (AvgIpc) is 2.28. The van der Waals surface area contributed by atoms with Crippen molar-refractivity contribution in [2.45, 2.75) is 84.2 Å². The molecule has 1 unspecified atom stereocenters. The lowest BCUT2D eigenvalue weighted by molar-refractivity contribution is 0.0143. The molecule has 0 heterocycles. The Labute approximate surface area is 102 Å². The van der Waals surface area contributed by atoms with Crippen LogP contribution in [0.15, 0.2) is 0 Å². The Hall–Kier alpha value is -0.0400. The molecule has 0 radical (unpaired) electrons. The summed E-state index contributed by atoms with van der Waals surface area (Å²) in [5.41, 5.74) is 0. The van der Waals surface area contributed by atoms with E-state index in [1.165, 1.54) is 64.2 Å². The van der Waals surface area contributed by atoms with Crippen molar-refractivity contribution in [3.05, 3.63) is 0 Å². The highest BCUT2D eigenvalue weighted by Gasteiger charge is 2.17. The van der Waals surface area contributed by atoms with Gasteiger partial charge in [0.15, 0.2) is 0 Å². The molecule has 0 aromatic rings. The van der Waals surface area contributed by atoms with Crippen molar-refractivity contribution in [2.24, 2.45) is 5.92 Å². The van der Waals surface area contributed by atoms with Gasteiger partial charge in [0.1, 0.15) is 0 Å². The molecule has 0 aliphatic heterocycles. The Morgan fingerprint density at radius 1 is 0.812 bits per heavy atom. The maximum atomic E-state index is 5.90. The molecule has 0 amide bonds. The van der Waals surface area contributed by atoms with Crippen molar-refractivity contribution in [2.75, 3.05) is 6.61 Å². The van der Waals surface area contributed by atoms with Crippen molar-refractivity contribution in [1.29, 1.82) is 0 Å². The smallest absolute Gasteiger partial charge is 0.0600 e. The first-order valence-electron chi connectivity index (χ1n) is 7.46. The van der Waals surface area contributed by atoms with E-state index in [9.17, 15) is 0 Å². The highest BCUT2D eigenvalue weighted by atomic mass is 16.5. The van der Waals surface area contributed by atoms with E-state index in [1.807, 2.05) is 0 Å². The van der Waals surface area contributed by atoms with Crippen LogP contribution in [0, 0.1) is 5.92 Å². The molecule has 1 heteroatoms. The van der Waals surface area contributed by atoms with E-state index in [1.54, 1.807) is 0 Å². The van der Waals surface area contributed by atoms with Crippen LogP contribution in [0.3, 0.4) is 0 Å². The highest BCUT2D eigenvalue weighted by molar-refractivity contribution is 4.68. The average molecular weight is 226 g/mol. The van der Waals surface area contributed by atoms with Gasteiger partial charge < -0.3 is 4.74 Å². The Morgan fingerprint density at radius 2 is 1.31 bits per heavy atom. The Kier molecular flexibility index (Phi) is 7.92. The summed E-state index contributed by atoms with van der Waals surface area (Å²) in [6.45, 7) is 5.39. The zero-order valence-electron chi connectivity index (χ0n) is 11.3. The Balaban J connectivity index is 2.33. The van der Waals surface area contributed by atoms with Gasteiger partial charge in [0.05, 0.1) is 6.10 Å². The standard InChI is InChI=1S/C15H30O/c1-3-16-15-13-11-9-7-5-4-6-8-10-12-14(15)2/h14-15H,3-13H2,1-2H3/t14-,15?/m1/s1. The summed E-state index contributed by atoms with van der Waals surface area (Å²) in [6.07, 6.45) is 14.6. The Bertz CT molecular complexity index is 156. The number of hydrogen-bond acceptors (Lipinski definition) is 1. The fraction of sp³-hybridized carbons (Fsp3) is 1.00. The van der Waals surface area contributed by atoms with Gasteiger partial charge in [-0.15, -0.1) is 0 Å². The van der Waals surface area contributed by atoms with Crippen molar-refractivity contribution >= 4 is 0 Å². The second-order valence-electron chi connectivity index (χ2n) is 5.38. The van der Waals surface area contributed by atoms with Gasteiger partial charge in [-0.1, -0.05) is 58.3 Å². The van der Waals surface area contributed by atoms with Gasteiger partial charge in [-0.25, -0.2) is 0 Å². The zero-order chi connectivity index (χ0) is 11.6. The van der Waals surface area contributed by atoms with Crippen LogP contribution in [0.2, 0.25) is 0 Å². The van der Waals surface area contributed by atoms with Gasteiger partial charge in [-0.2, -0.15) is 0 Å². The van der Waals surface area contributed by atoms with E-state index in [-0.39, 0.29) is 0 Å². The van der Waals surface area contributed by atoms with Crippen LogP contribution in [0.1, 0.15) is 78.1 Å². The van der Waals surface area contributed by atoms with E-state index < -0.39 is 0 Å². The van der Waals surface area contributed by atoms with Crippen LogP contribution in [0.5, 0.6) is 0 Å². The molecule has 0 N–H and O–H groups in total. The third-order valence-electron chi connectivity index (χ3n) is 3.91. The molecule has 16 heavy (non-hydrogen) atoms. The van der Waals surface area contributed by atoms with Crippen molar-refractivity contribution in [1.82, 2.24) is 0 Å². The van der Waals surface area contributed by atoms with Crippen LogP contribution >= 0.6 is 0 Å². The molecule has 0 spiro atoms. The molecular weight excluding hydrogens is 196 g/mol. The van der Waals surface area contributed by atoms with E-state index in [2.05, 4.69) is 13.8 Å². The molecule has 0 aromatic carbocycles. The van der Waals surface area contributed by atoms with E-state index in [4.69, 9.17) is 4.74 Å². The molecule has 1 aliphatic rings. The summed E-state index contributed by atoms with van der Waals surface area (Å²) >= 11 is 0. The number of ether oxygens (including phenoxy) is 1. The van der Waals surface area contributed by atoms with Gasteiger partial charge >= 0.3 is 0 Å². The first-order chi connectivity index (χ1) is 7.84.